The van der Waals surface area contributed by atoms with Crippen molar-refractivity contribution in [1.29, 1.82) is 0 Å². The quantitative estimate of drug-likeness (QED) is 0.322. The Hall–Kier alpha value is -1.55. The molecule has 0 saturated carbocycles. The number of oxime groups is 1. The Kier molecular flexibility index (Phi) is 7.66. The first kappa shape index (κ1) is 15.5. The maximum absolute atomic E-state index is 8.98. The summed E-state index contributed by atoms with van der Waals surface area (Å²) in [6.07, 6.45) is 2.87. The predicted octanol–water partition coefficient (Wildman–Crippen LogP) is 3.47. The van der Waals surface area contributed by atoms with E-state index < -0.39 is 0 Å². The smallest absolute Gasteiger partial charge is 0.128 e. The van der Waals surface area contributed by atoms with Gasteiger partial charge in [0.05, 0.1) is 12.3 Å². The van der Waals surface area contributed by atoms with Crippen molar-refractivity contribution in [3.8, 4) is 5.75 Å². The summed E-state index contributed by atoms with van der Waals surface area (Å²) >= 11 is 0. The van der Waals surface area contributed by atoms with Gasteiger partial charge in [-0.15, -0.1) is 0 Å². The summed E-state index contributed by atoms with van der Waals surface area (Å²) in [7, 11) is 0. The monoisotopic (exact) mass is 265 g/mol. The van der Waals surface area contributed by atoms with Gasteiger partial charge in [-0.3, -0.25) is 0 Å². The standard InChI is InChI=1S/C15H23NO3/c1-3-5-10-18-11-12-19-15-9-7-6-8-13(15)14(4-2)16-17/h6-9,17H,3-5,10-12H2,1-2H3/b16-14-. The molecule has 0 unspecified atom stereocenters. The molecule has 106 valence electrons. The molecule has 0 saturated heterocycles. The topological polar surface area (TPSA) is 51.0 Å². The lowest BCUT2D eigenvalue weighted by Gasteiger charge is -2.11. The van der Waals surface area contributed by atoms with Gasteiger partial charge in [0.2, 0.25) is 0 Å². The fourth-order valence-corrected chi connectivity index (χ4v) is 1.70. The molecule has 1 N–H and O–H groups in total. The number of unbranched alkanes of at least 4 members (excludes halogenated alkanes) is 1. The van der Waals surface area contributed by atoms with Crippen molar-refractivity contribution in [2.45, 2.75) is 33.1 Å². The van der Waals surface area contributed by atoms with Crippen molar-refractivity contribution < 1.29 is 14.7 Å². The van der Waals surface area contributed by atoms with E-state index in [1.807, 2.05) is 31.2 Å². The molecule has 0 amide bonds. The first-order valence-electron chi connectivity index (χ1n) is 6.84. The van der Waals surface area contributed by atoms with Gasteiger partial charge in [0.15, 0.2) is 0 Å². The Morgan fingerprint density at radius 2 is 1.95 bits per heavy atom. The lowest BCUT2D eigenvalue weighted by atomic mass is 10.1. The molecule has 0 bridgehead atoms. The lowest BCUT2D eigenvalue weighted by molar-refractivity contribution is 0.0980. The second-order valence-corrected chi connectivity index (χ2v) is 4.21. The highest BCUT2D eigenvalue weighted by molar-refractivity contribution is 6.02. The van der Waals surface area contributed by atoms with E-state index in [1.54, 1.807) is 0 Å². The number of ether oxygens (including phenoxy) is 2. The van der Waals surface area contributed by atoms with Gasteiger partial charge in [0.25, 0.3) is 0 Å². The van der Waals surface area contributed by atoms with Crippen molar-refractivity contribution >= 4 is 5.71 Å². The number of hydrogen-bond acceptors (Lipinski definition) is 4. The molecule has 1 aromatic carbocycles. The molecular weight excluding hydrogens is 242 g/mol. The van der Waals surface area contributed by atoms with Gasteiger partial charge in [-0.1, -0.05) is 37.6 Å². The third-order valence-corrected chi connectivity index (χ3v) is 2.78. The molecule has 1 rings (SSSR count). The minimum atomic E-state index is 0.503. The summed E-state index contributed by atoms with van der Waals surface area (Å²) < 4.78 is 11.1. The molecule has 0 aromatic heterocycles. The van der Waals surface area contributed by atoms with Crippen LogP contribution in [0.2, 0.25) is 0 Å². The van der Waals surface area contributed by atoms with E-state index in [-0.39, 0.29) is 0 Å². The zero-order chi connectivity index (χ0) is 13.9. The molecule has 1 aromatic rings. The van der Waals surface area contributed by atoms with Crippen LogP contribution in [-0.2, 0) is 4.74 Å². The summed E-state index contributed by atoms with van der Waals surface area (Å²) in [4.78, 5) is 0. The van der Waals surface area contributed by atoms with E-state index in [9.17, 15) is 0 Å². The number of benzene rings is 1. The van der Waals surface area contributed by atoms with Gasteiger partial charge < -0.3 is 14.7 Å². The van der Waals surface area contributed by atoms with Gasteiger partial charge in [0, 0.05) is 12.2 Å². The molecule has 0 spiro atoms. The van der Waals surface area contributed by atoms with Crippen LogP contribution >= 0.6 is 0 Å². The highest BCUT2D eigenvalue weighted by Gasteiger charge is 2.08. The molecular formula is C15H23NO3. The van der Waals surface area contributed by atoms with Gasteiger partial charge in [0.1, 0.15) is 12.4 Å². The maximum atomic E-state index is 8.98. The Bertz CT molecular complexity index is 391. The molecule has 4 nitrogen and oxygen atoms in total. The van der Waals surface area contributed by atoms with E-state index in [2.05, 4.69) is 12.1 Å². The van der Waals surface area contributed by atoms with Crippen LogP contribution < -0.4 is 4.74 Å². The van der Waals surface area contributed by atoms with Crippen LogP contribution in [0, 0.1) is 0 Å². The van der Waals surface area contributed by atoms with Crippen molar-refractivity contribution in [2.75, 3.05) is 19.8 Å². The highest BCUT2D eigenvalue weighted by Crippen LogP contribution is 2.20. The van der Waals surface area contributed by atoms with E-state index in [1.165, 1.54) is 0 Å². The van der Waals surface area contributed by atoms with E-state index in [0.717, 1.165) is 30.8 Å². The molecule has 0 heterocycles. The second kappa shape index (κ2) is 9.39. The van der Waals surface area contributed by atoms with Gasteiger partial charge in [-0.05, 0) is 25.0 Å². The first-order chi connectivity index (χ1) is 9.33. The van der Waals surface area contributed by atoms with Gasteiger partial charge in [-0.25, -0.2) is 0 Å². The Morgan fingerprint density at radius 1 is 1.16 bits per heavy atom. The minimum absolute atomic E-state index is 0.503. The van der Waals surface area contributed by atoms with Crippen molar-refractivity contribution in [3.05, 3.63) is 29.8 Å². The first-order valence-corrected chi connectivity index (χ1v) is 6.84. The van der Waals surface area contributed by atoms with E-state index >= 15 is 0 Å². The molecule has 0 atom stereocenters. The molecule has 4 heteroatoms. The normalized spacial score (nSPS) is 11.6. The Labute approximate surface area is 115 Å². The van der Waals surface area contributed by atoms with Gasteiger partial charge >= 0.3 is 0 Å². The fourth-order valence-electron chi connectivity index (χ4n) is 1.70. The van der Waals surface area contributed by atoms with Crippen molar-refractivity contribution in [1.82, 2.24) is 0 Å². The van der Waals surface area contributed by atoms with Crippen LogP contribution in [0.3, 0.4) is 0 Å². The van der Waals surface area contributed by atoms with Crippen molar-refractivity contribution in [2.24, 2.45) is 5.16 Å². The third kappa shape index (κ3) is 5.30. The summed E-state index contributed by atoms with van der Waals surface area (Å²) in [6.45, 7) is 5.94. The highest BCUT2D eigenvalue weighted by atomic mass is 16.5. The zero-order valence-corrected chi connectivity index (χ0v) is 11.8. The van der Waals surface area contributed by atoms with Crippen LogP contribution in [0.25, 0.3) is 0 Å². The average molecular weight is 265 g/mol. The molecule has 0 radical (unpaired) electrons. The Balaban J connectivity index is 2.49. The van der Waals surface area contributed by atoms with Crippen LogP contribution in [0.5, 0.6) is 5.75 Å². The molecule has 0 aliphatic carbocycles. The number of para-hydroxylation sites is 1. The van der Waals surface area contributed by atoms with Crippen molar-refractivity contribution in [3.63, 3.8) is 0 Å². The molecule has 19 heavy (non-hydrogen) atoms. The fraction of sp³-hybridized carbons (Fsp3) is 0.533. The molecule has 0 fully saturated rings. The number of hydrogen-bond donors (Lipinski definition) is 1. The summed E-state index contributed by atoms with van der Waals surface area (Å²) in [6, 6.07) is 7.58. The SMILES string of the molecule is CCCCOCCOc1ccccc1/C(CC)=N\O. The van der Waals surface area contributed by atoms with Crippen LogP contribution in [-0.4, -0.2) is 30.7 Å². The molecule has 0 aliphatic heterocycles. The van der Waals surface area contributed by atoms with Crippen LogP contribution in [0.4, 0.5) is 0 Å². The average Bonchev–Trinajstić information content (AvgIpc) is 2.45. The number of nitrogens with zero attached hydrogens (tertiary/aromatic N) is 1. The number of rotatable bonds is 9. The zero-order valence-electron chi connectivity index (χ0n) is 11.8. The minimum Gasteiger partial charge on any atom is -0.490 e. The van der Waals surface area contributed by atoms with E-state index in [4.69, 9.17) is 14.7 Å². The summed E-state index contributed by atoms with van der Waals surface area (Å²) in [5.74, 6) is 0.733. The maximum Gasteiger partial charge on any atom is 0.128 e. The van der Waals surface area contributed by atoms with Crippen LogP contribution in [0.15, 0.2) is 29.4 Å². The van der Waals surface area contributed by atoms with E-state index in [0.29, 0.717) is 25.3 Å². The summed E-state index contributed by atoms with van der Waals surface area (Å²) in [5, 5.41) is 12.3. The molecule has 0 aliphatic rings. The summed E-state index contributed by atoms with van der Waals surface area (Å²) in [5.41, 5.74) is 1.46. The van der Waals surface area contributed by atoms with Crippen LogP contribution in [0.1, 0.15) is 38.7 Å². The predicted molar refractivity (Wildman–Crippen MR) is 76.3 cm³/mol. The second-order valence-electron chi connectivity index (χ2n) is 4.21. The third-order valence-electron chi connectivity index (χ3n) is 2.78. The lowest BCUT2D eigenvalue weighted by Crippen LogP contribution is -2.10. The largest absolute Gasteiger partial charge is 0.490 e. The van der Waals surface area contributed by atoms with Gasteiger partial charge in [-0.2, -0.15) is 0 Å². The Morgan fingerprint density at radius 3 is 2.63 bits per heavy atom.